The molecular formula is C17H20N2O5. The van der Waals surface area contributed by atoms with E-state index in [0.717, 1.165) is 4.90 Å². The van der Waals surface area contributed by atoms with Gasteiger partial charge in [-0.05, 0) is 19.1 Å². The number of ether oxygens (including phenoxy) is 1. The van der Waals surface area contributed by atoms with Crippen LogP contribution in [0.25, 0.3) is 0 Å². The van der Waals surface area contributed by atoms with Crippen molar-refractivity contribution >= 4 is 23.7 Å². The molecule has 1 atom stereocenters. The summed E-state index contributed by atoms with van der Waals surface area (Å²) < 4.78 is 4.65. The van der Waals surface area contributed by atoms with Crippen LogP contribution in [-0.2, 0) is 14.3 Å². The first-order valence-electron chi connectivity index (χ1n) is 7.71. The van der Waals surface area contributed by atoms with Crippen molar-refractivity contribution in [2.45, 2.75) is 13.8 Å². The summed E-state index contributed by atoms with van der Waals surface area (Å²) in [5, 5.41) is 0. The molecule has 0 saturated carbocycles. The lowest BCUT2D eigenvalue weighted by Gasteiger charge is -2.25. The minimum Gasteiger partial charge on any atom is -0.469 e. The zero-order chi connectivity index (χ0) is 17.9. The molecule has 0 radical (unpaired) electrons. The average Bonchev–Trinajstić information content (AvgIpc) is 2.83. The molecule has 0 aromatic heterocycles. The molecule has 1 aromatic rings. The summed E-state index contributed by atoms with van der Waals surface area (Å²) in [5.74, 6) is -2.23. The Hall–Kier alpha value is -2.70. The van der Waals surface area contributed by atoms with Crippen molar-refractivity contribution in [3.8, 4) is 0 Å². The van der Waals surface area contributed by atoms with Crippen molar-refractivity contribution in [3.63, 3.8) is 0 Å². The van der Waals surface area contributed by atoms with Gasteiger partial charge >= 0.3 is 5.97 Å². The predicted octanol–water partition coefficient (Wildman–Crippen LogP) is 0.940. The van der Waals surface area contributed by atoms with Gasteiger partial charge in [0.15, 0.2) is 0 Å². The molecule has 0 bridgehead atoms. The number of rotatable bonds is 6. The van der Waals surface area contributed by atoms with Crippen molar-refractivity contribution in [2.75, 3.05) is 26.7 Å². The molecular weight excluding hydrogens is 312 g/mol. The molecule has 0 spiro atoms. The lowest BCUT2D eigenvalue weighted by molar-refractivity contribution is -0.146. The largest absolute Gasteiger partial charge is 0.469 e. The van der Waals surface area contributed by atoms with E-state index < -0.39 is 23.7 Å². The van der Waals surface area contributed by atoms with E-state index in [0.29, 0.717) is 17.7 Å². The van der Waals surface area contributed by atoms with Crippen LogP contribution in [0.2, 0.25) is 0 Å². The smallest absolute Gasteiger partial charge is 0.310 e. The second kappa shape index (κ2) is 7.25. The maximum Gasteiger partial charge on any atom is 0.310 e. The maximum atomic E-state index is 12.4. The number of methoxy groups -OCH3 is 1. The zero-order valence-corrected chi connectivity index (χ0v) is 13.9. The molecule has 128 valence electrons. The van der Waals surface area contributed by atoms with Gasteiger partial charge in [0.2, 0.25) is 5.91 Å². The quantitative estimate of drug-likeness (QED) is 0.572. The highest BCUT2D eigenvalue weighted by atomic mass is 16.5. The van der Waals surface area contributed by atoms with Gasteiger partial charge < -0.3 is 9.64 Å². The fourth-order valence-corrected chi connectivity index (χ4v) is 2.63. The van der Waals surface area contributed by atoms with E-state index in [1.165, 1.54) is 12.0 Å². The second-order valence-electron chi connectivity index (χ2n) is 5.60. The van der Waals surface area contributed by atoms with Crippen LogP contribution in [0.5, 0.6) is 0 Å². The first-order chi connectivity index (χ1) is 11.4. The van der Waals surface area contributed by atoms with Gasteiger partial charge in [-0.1, -0.05) is 19.1 Å². The molecule has 0 saturated heterocycles. The number of imide groups is 1. The van der Waals surface area contributed by atoms with Crippen LogP contribution in [0, 0.1) is 5.92 Å². The molecule has 3 amide bonds. The summed E-state index contributed by atoms with van der Waals surface area (Å²) in [6, 6.07) is 6.48. The molecule has 2 rings (SSSR count). The Kier molecular flexibility index (Phi) is 5.33. The summed E-state index contributed by atoms with van der Waals surface area (Å²) >= 11 is 0. The Morgan fingerprint density at radius 1 is 1.17 bits per heavy atom. The van der Waals surface area contributed by atoms with Crippen molar-refractivity contribution in [1.82, 2.24) is 9.80 Å². The van der Waals surface area contributed by atoms with Gasteiger partial charge in [-0.25, -0.2) is 0 Å². The number of carbonyl (C=O) groups excluding carboxylic acids is 4. The lowest BCUT2D eigenvalue weighted by Crippen LogP contribution is -2.44. The Labute approximate surface area is 140 Å². The number of fused-ring (bicyclic) bond motifs is 1. The maximum absolute atomic E-state index is 12.4. The highest BCUT2D eigenvalue weighted by Crippen LogP contribution is 2.22. The van der Waals surface area contributed by atoms with Gasteiger partial charge in [-0.3, -0.25) is 24.1 Å². The molecule has 0 aliphatic carbocycles. The van der Waals surface area contributed by atoms with Crippen molar-refractivity contribution in [1.29, 1.82) is 0 Å². The summed E-state index contributed by atoms with van der Waals surface area (Å²) in [7, 11) is 1.29. The number of benzene rings is 1. The Bertz CT molecular complexity index is 650. The monoisotopic (exact) mass is 332 g/mol. The van der Waals surface area contributed by atoms with E-state index in [4.69, 9.17) is 0 Å². The van der Waals surface area contributed by atoms with E-state index in [-0.39, 0.29) is 19.0 Å². The topological polar surface area (TPSA) is 84.0 Å². The molecule has 7 heteroatoms. The first-order valence-corrected chi connectivity index (χ1v) is 7.71. The Balaban J connectivity index is 2.07. The number of hydrogen-bond donors (Lipinski definition) is 0. The molecule has 1 aliphatic rings. The fourth-order valence-electron chi connectivity index (χ4n) is 2.63. The Morgan fingerprint density at radius 3 is 2.17 bits per heavy atom. The van der Waals surface area contributed by atoms with Crippen LogP contribution in [-0.4, -0.2) is 60.2 Å². The third-order valence-corrected chi connectivity index (χ3v) is 4.00. The number of esters is 1. The van der Waals surface area contributed by atoms with Gasteiger partial charge in [-0.2, -0.15) is 0 Å². The number of amides is 3. The van der Waals surface area contributed by atoms with Crippen LogP contribution >= 0.6 is 0 Å². The van der Waals surface area contributed by atoms with Crippen LogP contribution in [0.1, 0.15) is 34.6 Å². The highest BCUT2D eigenvalue weighted by Gasteiger charge is 2.37. The third-order valence-electron chi connectivity index (χ3n) is 4.00. The van der Waals surface area contributed by atoms with Crippen LogP contribution in [0.3, 0.4) is 0 Å². The number of hydrogen-bond acceptors (Lipinski definition) is 5. The summed E-state index contributed by atoms with van der Waals surface area (Å²) in [4.78, 5) is 50.9. The van der Waals surface area contributed by atoms with Gasteiger partial charge in [-0.15, -0.1) is 0 Å². The molecule has 0 fully saturated rings. The molecule has 1 aliphatic heterocycles. The molecule has 0 N–H and O–H groups in total. The molecule has 24 heavy (non-hydrogen) atoms. The number of likely N-dealkylation sites (N-methyl/N-ethyl adjacent to an activating group) is 1. The van der Waals surface area contributed by atoms with Crippen molar-refractivity contribution < 1.29 is 23.9 Å². The van der Waals surface area contributed by atoms with Crippen LogP contribution in [0.4, 0.5) is 0 Å². The van der Waals surface area contributed by atoms with E-state index in [1.54, 1.807) is 38.1 Å². The SMILES string of the molecule is CCN(CC(C)C(=O)OC)C(=O)CN1C(=O)c2ccccc2C1=O. The van der Waals surface area contributed by atoms with Crippen molar-refractivity contribution in [3.05, 3.63) is 35.4 Å². The minimum atomic E-state index is -0.485. The van der Waals surface area contributed by atoms with Gasteiger partial charge in [0.05, 0.1) is 24.2 Å². The number of carbonyl (C=O) groups is 4. The van der Waals surface area contributed by atoms with E-state index in [2.05, 4.69) is 4.74 Å². The average molecular weight is 332 g/mol. The summed E-state index contributed by atoms with van der Waals surface area (Å²) in [6.07, 6.45) is 0. The second-order valence-corrected chi connectivity index (χ2v) is 5.60. The summed E-state index contributed by atoms with van der Waals surface area (Å²) in [5.41, 5.74) is 0.613. The lowest BCUT2D eigenvalue weighted by atomic mass is 10.1. The number of nitrogens with zero attached hydrogens (tertiary/aromatic N) is 2. The minimum absolute atomic E-state index is 0.172. The van der Waals surface area contributed by atoms with E-state index >= 15 is 0 Å². The Morgan fingerprint density at radius 2 is 1.71 bits per heavy atom. The van der Waals surface area contributed by atoms with Crippen LogP contribution < -0.4 is 0 Å². The fraction of sp³-hybridized carbons (Fsp3) is 0.412. The standard InChI is InChI=1S/C17H20N2O5/c1-4-18(9-11(2)17(23)24-3)14(20)10-19-15(21)12-7-5-6-8-13(12)16(19)22/h5-8,11H,4,9-10H2,1-3H3. The molecule has 1 unspecified atom stereocenters. The first kappa shape index (κ1) is 17.7. The molecule has 7 nitrogen and oxygen atoms in total. The van der Waals surface area contributed by atoms with Crippen LogP contribution in [0.15, 0.2) is 24.3 Å². The highest BCUT2D eigenvalue weighted by molar-refractivity contribution is 6.22. The molecule has 1 heterocycles. The predicted molar refractivity (Wildman–Crippen MR) is 85.2 cm³/mol. The van der Waals surface area contributed by atoms with E-state index in [1.807, 2.05) is 0 Å². The normalized spacial score (nSPS) is 14.4. The third kappa shape index (κ3) is 3.29. The zero-order valence-electron chi connectivity index (χ0n) is 13.9. The molecule has 1 aromatic carbocycles. The van der Waals surface area contributed by atoms with Gasteiger partial charge in [0, 0.05) is 13.1 Å². The van der Waals surface area contributed by atoms with Gasteiger partial charge in [0.25, 0.3) is 11.8 Å². The van der Waals surface area contributed by atoms with Gasteiger partial charge in [0.1, 0.15) is 6.54 Å². The van der Waals surface area contributed by atoms with E-state index in [9.17, 15) is 19.2 Å². The summed E-state index contributed by atoms with van der Waals surface area (Å²) in [6.45, 7) is 3.62. The van der Waals surface area contributed by atoms with Crippen molar-refractivity contribution in [2.24, 2.45) is 5.92 Å².